The van der Waals surface area contributed by atoms with Gasteiger partial charge in [0.15, 0.2) is 5.13 Å². The van der Waals surface area contributed by atoms with E-state index in [-0.39, 0.29) is 11.8 Å². The predicted octanol–water partition coefficient (Wildman–Crippen LogP) is 4.80. The van der Waals surface area contributed by atoms with Crippen LogP contribution in [0.4, 0.5) is 5.13 Å². The number of nitrogens with one attached hydrogen (secondary N) is 1. The molecule has 0 radical (unpaired) electrons. The van der Waals surface area contributed by atoms with Crippen LogP contribution in [0.25, 0.3) is 11.3 Å². The molecule has 4 rings (SSSR count). The van der Waals surface area contributed by atoms with Gasteiger partial charge in [-0.15, -0.1) is 11.3 Å². The van der Waals surface area contributed by atoms with Gasteiger partial charge < -0.3 is 5.32 Å². The van der Waals surface area contributed by atoms with Crippen molar-refractivity contribution in [2.45, 2.75) is 39.5 Å². The molecule has 0 saturated heterocycles. The summed E-state index contributed by atoms with van der Waals surface area (Å²) in [5, 5.41) is 5.82. The molecule has 0 aliphatic heterocycles. The fraction of sp³-hybridized carbons (Fsp3) is 0.474. The van der Waals surface area contributed by atoms with Crippen LogP contribution in [0, 0.1) is 31.6 Å². The Balaban J connectivity index is 1.49. The summed E-state index contributed by atoms with van der Waals surface area (Å²) in [6, 6.07) is 6.39. The molecule has 1 heterocycles. The minimum atomic E-state index is 0.179. The molecule has 1 N–H and O–H groups in total. The van der Waals surface area contributed by atoms with Crippen LogP contribution >= 0.6 is 11.3 Å². The lowest BCUT2D eigenvalue weighted by Gasteiger charge is -2.19. The van der Waals surface area contributed by atoms with Gasteiger partial charge in [0.05, 0.1) is 5.69 Å². The molecule has 3 unspecified atom stereocenters. The first-order valence-corrected chi connectivity index (χ1v) is 9.32. The Hall–Kier alpha value is -1.68. The van der Waals surface area contributed by atoms with Crippen molar-refractivity contribution in [3.05, 3.63) is 34.7 Å². The highest BCUT2D eigenvalue weighted by molar-refractivity contribution is 7.14. The van der Waals surface area contributed by atoms with Crippen LogP contribution in [0.1, 0.15) is 36.8 Å². The van der Waals surface area contributed by atoms with Crippen molar-refractivity contribution >= 4 is 22.4 Å². The maximum Gasteiger partial charge on any atom is 0.229 e. The number of aryl methyl sites for hydroxylation is 2. The predicted molar refractivity (Wildman–Crippen MR) is 94.6 cm³/mol. The van der Waals surface area contributed by atoms with E-state index in [2.05, 4.69) is 42.3 Å². The van der Waals surface area contributed by atoms with Gasteiger partial charge in [0.2, 0.25) is 5.91 Å². The Kier molecular flexibility index (Phi) is 3.72. The monoisotopic (exact) mass is 326 g/mol. The van der Waals surface area contributed by atoms with E-state index in [0.29, 0.717) is 5.92 Å². The molecular formula is C19H22N2OS. The van der Waals surface area contributed by atoms with Crippen LogP contribution in [-0.2, 0) is 4.79 Å². The summed E-state index contributed by atoms with van der Waals surface area (Å²) in [6.07, 6.45) is 4.88. The number of aromatic nitrogens is 1. The van der Waals surface area contributed by atoms with Crippen LogP contribution < -0.4 is 5.32 Å². The van der Waals surface area contributed by atoms with Crippen molar-refractivity contribution in [2.24, 2.45) is 17.8 Å². The van der Waals surface area contributed by atoms with Crippen molar-refractivity contribution in [1.82, 2.24) is 4.98 Å². The molecule has 2 bridgehead atoms. The minimum absolute atomic E-state index is 0.179. The average molecular weight is 326 g/mol. The van der Waals surface area contributed by atoms with E-state index in [4.69, 9.17) is 0 Å². The molecule has 3 atom stereocenters. The standard InChI is InChI=1S/C19H22N2OS/c1-11-3-6-15(12(2)7-11)17-10-23-19(20-17)21-18(22)16-9-13-4-5-14(16)8-13/h3,6-7,10,13-14,16H,4-5,8-9H2,1-2H3,(H,20,21,22). The molecule has 4 heteroatoms. The summed E-state index contributed by atoms with van der Waals surface area (Å²) in [6.45, 7) is 4.20. The maximum atomic E-state index is 12.5. The number of benzene rings is 1. The van der Waals surface area contributed by atoms with Crippen LogP contribution in [0.2, 0.25) is 0 Å². The number of nitrogens with zero attached hydrogens (tertiary/aromatic N) is 1. The second kappa shape index (κ2) is 5.75. The molecule has 1 aromatic carbocycles. The van der Waals surface area contributed by atoms with E-state index in [0.717, 1.165) is 28.7 Å². The van der Waals surface area contributed by atoms with Crippen molar-refractivity contribution in [1.29, 1.82) is 0 Å². The van der Waals surface area contributed by atoms with Gasteiger partial charge in [0, 0.05) is 16.9 Å². The van der Waals surface area contributed by atoms with Gasteiger partial charge in [-0.3, -0.25) is 4.79 Å². The minimum Gasteiger partial charge on any atom is -0.302 e. The fourth-order valence-corrected chi connectivity index (χ4v) is 5.03. The number of hydrogen-bond donors (Lipinski definition) is 1. The highest BCUT2D eigenvalue weighted by atomic mass is 32.1. The van der Waals surface area contributed by atoms with E-state index in [1.807, 2.05) is 5.38 Å². The number of hydrogen-bond acceptors (Lipinski definition) is 3. The van der Waals surface area contributed by atoms with Crippen LogP contribution in [0.5, 0.6) is 0 Å². The lowest BCUT2D eigenvalue weighted by molar-refractivity contribution is -0.121. The van der Waals surface area contributed by atoms with Gasteiger partial charge in [-0.05, 0) is 50.5 Å². The summed E-state index contributed by atoms with van der Waals surface area (Å²) < 4.78 is 0. The van der Waals surface area contributed by atoms with Gasteiger partial charge >= 0.3 is 0 Å². The Morgan fingerprint density at radius 2 is 2.13 bits per heavy atom. The molecule has 2 aliphatic carbocycles. The molecule has 2 saturated carbocycles. The smallest absolute Gasteiger partial charge is 0.229 e. The van der Waals surface area contributed by atoms with Crippen LogP contribution in [0.3, 0.4) is 0 Å². The molecule has 23 heavy (non-hydrogen) atoms. The first kappa shape index (κ1) is 14.9. The Bertz CT molecular complexity index is 752. The molecule has 2 aromatic rings. The van der Waals surface area contributed by atoms with E-state index < -0.39 is 0 Å². The summed E-state index contributed by atoms with van der Waals surface area (Å²) in [7, 11) is 0. The van der Waals surface area contributed by atoms with Crippen molar-refractivity contribution < 1.29 is 4.79 Å². The number of thiazole rings is 1. The topological polar surface area (TPSA) is 42.0 Å². The highest BCUT2D eigenvalue weighted by Crippen LogP contribution is 2.48. The molecule has 2 aliphatic rings. The summed E-state index contributed by atoms with van der Waals surface area (Å²) in [5.74, 6) is 1.79. The lowest BCUT2D eigenvalue weighted by Crippen LogP contribution is -2.27. The third-order valence-electron chi connectivity index (χ3n) is 5.47. The Labute approximate surface area is 141 Å². The summed E-state index contributed by atoms with van der Waals surface area (Å²) in [5.41, 5.74) is 4.58. The highest BCUT2D eigenvalue weighted by Gasteiger charge is 2.43. The molecule has 0 spiro atoms. The zero-order valence-corrected chi connectivity index (χ0v) is 14.5. The van der Waals surface area contributed by atoms with Gasteiger partial charge in [-0.1, -0.05) is 30.2 Å². The first-order chi connectivity index (χ1) is 11.1. The second-order valence-electron chi connectivity index (χ2n) is 7.13. The number of rotatable bonds is 3. The zero-order valence-electron chi connectivity index (χ0n) is 13.6. The quantitative estimate of drug-likeness (QED) is 0.880. The zero-order chi connectivity index (χ0) is 16.0. The number of fused-ring (bicyclic) bond motifs is 2. The molecular weight excluding hydrogens is 304 g/mol. The summed E-state index contributed by atoms with van der Waals surface area (Å²) in [4.78, 5) is 17.1. The Morgan fingerprint density at radius 3 is 2.83 bits per heavy atom. The second-order valence-corrected chi connectivity index (χ2v) is 7.98. The lowest BCUT2D eigenvalue weighted by atomic mass is 9.88. The van der Waals surface area contributed by atoms with E-state index in [9.17, 15) is 4.79 Å². The molecule has 120 valence electrons. The third-order valence-corrected chi connectivity index (χ3v) is 6.22. The Morgan fingerprint density at radius 1 is 1.26 bits per heavy atom. The average Bonchev–Trinajstić information content (AvgIpc) is 3.23. The number of carbonyl (C=O) groups is 1. The van der Waals surface area contributed by atoms with Gasteiger partial charge in [0.1, 0.15) is 0 Å². The van der Waals surface area contributed by atoms with Gasteiger partial charge in [-0.25, -0.2) is 4.98 Å². The van der Waals surface area contributed by atoms with Gasteiger partial charge in [-0.2, -0.15) is 0 Å². The maximum absolute atomic E-state index is 12.5. The number of anilines is 1. The first-order valence-electron chi connectivity index (χ1n) is 8.44. The normalized spacial score (nSPS) is 25.7. The number of amides is 1. The molecule has 2 fully saturated rings. The third kappa shape index (κ3) is 2.80. The fourth-order valence-electron chi connectivity index (χ4n) is 4.32. The SMILES string of the molecule is Cc1ccc(-c2csc(NC(=O)C3CC4CCC3C4)n2)c(C)c1. The molecule has 3 nitrogen and oxygen atoms in total. The van der Waals surface area contributed by atoms with Crippen molar-refractivity contribution in [2.75, 3.05) is 5.32 Å². The van der Waals surface area contributed by atoms with E-state index >= 15 is 0 Å². The van der Waals surface area contributed by atoms with Crippen molar-refractivity contribution in [3.63, 3.8) is 0 Å². The van der Waals surface area contributed by atoms with Crippen LogP contribution in [-0.4, -0.2) is 10.9 Å². The molecule has 1 amide bonds. The van der Waals surface area contributed by atoms with E-state index in [1.54, 1.807) is 0 Å². The van der Waals surface area contributed by atoms with Crippen LogP contribution in [0.15, 0.2) is 23.6 Å². The van der Waals surface area contributed by atoms with Gasteiger partial charge in [0.25, 0.3) is 0 Å². The summed E-state index contributed by atoms with van der Waals surface area (Å²) >= 11 is 1.52. The number of carbonyl (C=O) groups excluding carboxylic acids is 1. The largest absolute Gasteiger partial charge is 0.302 e. The molecule has 1 aromatic heterocycles. The van der Waals surface area contributed by atoms with Crippen molar-refractivity contribution in [3.8, 4) is 11.3 Å². The van der Waals surface area contributed by atoms with E-state index in [1.165, 1.54) is 41.7 Å².